The largest absolute Gasteiger partial charge is 0.380 e. The maximum absolute atomic E-state index is 9.26. The number of aromatic nitrogens is 2. The van der Waals surface area contributed by atoms with Gasteiger partial charge < -0.3 is 15.5 Å². The lowest BCUT2D eigenvalue weighted by Crippen LogP contribution is -2.26. The molecule has 1 aromatic heterocycles. The zero-order valence-electron chi connectivity index (χ0n) is 13.1. The maximum atomic E-state index is 9.26. The Balaban J connectivity index is 2.05. The Morgan fingerprint density at radius 1 is 1.26 bits per heavy atom. The lowest BCUT2D eigenvalue weighted by molar-refractivity contribution is 0.0935. The number of nitrogens with one attached hydrogen (secondary N) is 1. The Morgan fingerprint density at radius 2 is 2.04 bits per heavy atom. The number of benzene rings is 2. The molecule has 116 valence electrons. The third-order valence-electron chi connectivity index (χ3n) is 4.05. The van der Waals surface area contributed by atoms with Crippen molar-refractivity contribution in [1.29, 1.82) is 5.26 Å². The number of nitrogens with zero attached hydrogens (tertiary/aromatic N) is 2. The van der Waals surface area contributed by atoms with E-state index in [9.17, 15) is 5.26 Å². The van der Waals surface area contributed by atoms with Crippen LogP contribution in [0.4, 0.5) is 0 Å². The van der Waals surface area contributed by atoms with Crippen molar-refractivity contribution in [3.63, 3.8) is 0 Å². The van der Waals surface area contributed by atoms with E-state index in [1.807, 2.05) is 49.4 Å². The van der Waals surface area contributed by atoms with Crippen molar-refractivity contribution in [2.45, 2.75) is 19.1 Å². The van der Waals surface area contributed by atoms with E-state index in [1.54, 1.807) is 7.11 Å². The quantitative estimate of drug-likeness (QED) is 0.775. The van der Waals surface area contributed by atoms with Crippen LogP contribution in [0.15, 0.2) is 42.5 Å². The number of methoxy groups -OCH3 is 1. The second kappa shape index (κ2) is 6.21. The van der Waals surface area contributed by atoms with Crippen LogP contribution in [0.1, 0.15) is 24.4 Å². The van der Waals surface area contributed by atoms with Gasteiger partial charge in [-0.15, -0.1) is 0 Å². The first-order chi connectivity index (χ1) is 11.1. The topological polar surface area (TPSA) is 87.7 Å². The fraction of sp³-hybridized carbons (Fsp3) is 0.222. The van der Waals surface area contributed by atoms with Crippen LogP contribution in [-0.4, -0.2) is 23.2 Å². The molecule has 0 radical (unpaired) electrons. The minimum atomic E-state index is -0.317. The minimum absolute atomic E-state index is 0.130. The number of nitrogens with two attached hydrogens (primary N) is 1. The zero-order valence-corrected chi connectivity index (χ0v) is 13.1. The fourth-order valence-electron chi connectivity index (χ4n) is 2.56. The second-order valence-electron chi connectivity index (χ2n) is 5.48. The number of aromatic amines is 1. The number of hydrogen-bond acceptors (Lipinski definition) is 4. The van der Waals surface area contributed by atoms with Gasteiger partial charge in [-0.1, -0.05) is 24.3 Å². The number of H-pyrrole nitrogens is 1. The van der Waals surface area contributed by atoms with Crippen LogP contribution in [0.25, 0.3) is 22.2 Å². The molecule has 0 spiro atoms. The molecule has 0 saturated heterocycles. The molecular weight excluding hydrogens is 288 g/mol. The van der Waals surface area contributed by atoms with Crippen molar-refractivity contribution < 1.29 is 4.74 Å². The summed E-state index contributed by atoms with van der Waals surface area (Å²) in [4.78, 5) is 7.79. The molecule has 23 heavy (non-hydrogen) atoms. The van der Waals surface area contributed by atoms with Crippen molar-refractivity contribution in [1.82, 2.24) is 9.97 Å². The summed E-state index contributed by atoms with van der Waals surface area (Å²) < 4.78 is 5.26. The third-order valence-corrected chi connectivity index (χ3v) is 4.05. The molecule has 3 aromatic rings. The van der Waals surface area contributed by atoms with Gasteiger partial charge in [-0.25, -0.2) is 4.98 Å². The molecule has 0 amide bonds. The number of imidazole rings is 1. The monoisotopic (exact) mass is 306 g/mol. The molecule has 2 unspecified atom stereocenters. The Kier molecular flexibility index (Phi) is 4.11. The molecule has 0 fully saturated rings. The van der Waals surface area contributed by atoms with E-state index in [1.165, 1.54) is 0 Å². The highest BCUT2D eigenvalue weighted by Gasteiger charge is 2.18. The number of hydrogen-bond donors (Lipinski definition) is 2. The van der Waals surface area contributed by atoms with Gasteiger partial charge in [-0.3, -0.25) is 0 Å². The normalized spacial score (nSPS) is 13.7. The van der Waals surface area contributed by atoms with Gasteiger partial charge in [0.05, 0.1) is 34.8 Å². The summed E-state index contributed by atoms with van der Waals surface area (Å²) in [5.74, 6) is 0.695. The van der Waals surface area contributed by atoms with Crippen LogP contribution < -0.4 is 5.73 Å². The molecule has 0 bridgehead atoms. The smallest absolute Gasteiger partial charge is 0.126 e. The van der Waals surface area contributed by atoms with Gasteiger partial charge in [0, 0.05) is 7.11 Å². The van der Waals surface area contributed by atoms with Crippen molar-refractivity contribution in [3.8, 4) is 17.2 Å². The summed E-state index contributed by atoms with van der Waals surface area (Å²) in [5.41, 5.74) is 10.4. The maximum Gasteiger partial charge on any atom is 0.126 e. The third kappa shape index (κ3) is 2.82. The first-order valence-corrected chi connectivity index (χ1v) is 7.41. The van der Waals surface area contributed by atoms with Crippen molar-refractivity contribution in [3.05, 3.63) is 53.9 Å². The molecule has 0 aliphatic carbocycles. The molecule has 0 aliphatic heterocycles. The van der Waals surface area contributed by atoms with Gasteiger partial charge in [-0.05, 0) is 36.2 Å². The predicted octanol–water partition coefficient (Wildman–Crippen LogP) is 3.14. The van der Waals surface area contributed by atoms with Crippen LogP contribution in [0, 0.1) is 11.3 Å². The van der Waals surface area contributed by atoms with Gasteiger partial charge in [0.2, 0.25) is 0 Å². The van der Waals surface area contributed by atoms with E-state index in [2.05, 4.69) is 16.0 Å². The Hall–Kier alpha value is -2.68. The number of ether oxygens (including phenoxy) is 1. The van der Waals surface area contributed by atoms with E-state index < -0.39 is 0 Å². The van der Waals surface area contributed by atoms with Crippen LogP contribution in [0.3, 0.4) is 0 Å². The summed E-state index contributed by atoms with van der Waals surface area (Å²) >= 11 is 0. The van der Waals surface area contributed by atoms with Gasteiger partial charge in [0.15, 0.2) is 0 Å². The molecule has 1 heterocycles. The minimum Gasteiger partial charge on any atom is -0.380 e. The Morgan fingerprint density at radius 3 is 2.78 bits per heavy atom. The highest BCUT2D eigenvalue weighted by atomic mass is 16.5. The van der Waals surface area contributed by atoms with Crippen molar-refractivity contribution >= 4 is 11.0 Å². The van der Waals surface area contributed by atoms with E-state index in [-0.39, 0.29) is 12.1 Å². The molecule has 5 nitrogen and oxygen atoms in total. The number of fused-ring (bicyclic) bond motifs is 1. The molecular formula is C18H18N4O. The average molecular weight is 306 g/mol. The first-order valence-electron chi connectivity index (χ1n) is 7.41. The van der Waals surface area contributed by atoms with E-state index in [4.69, 9.17) is 10.5 Å². The Labute approximate surface area is 134 Å². The Bertz CT molecular complexity index is 878. The lowest BCUT2D eigenvalue weighted by Gasteiger charge is -2.15. The number of nitriles is 1. The number of rotatable bonds is 4. The van der Waals surface area contributed by atoms with Crippen LogP contribution in [0.5, 0.6) is 0 Å². The molecule has 0 saturated carbocycles. The van der Waals surface area contributed by atoms with Gasteiger partial charge >= 0.3 is 0 Å². The molecule has 2 atom stereocenters. The summed E-state index contributed by atoms with van der Waals surface area (Å²) in [5, 5.41) is 9.26. The molecule has 0 aliphatic rings. The average Bonchev–Trinajstić information content (AvgIpc) is 3.03. The van der Waals surface area contributed by atoms with E-state index in [0.717, 1.165) is 22.2 Å². The van der Waals surface area contributed by atoms with Gasteiger partial charge in [0.25, 0.3) is 0 Å². The summed E-state index contributed by atoms with van der Waals surface area (Å²) in [6.45, 7) is 1.91. The van der Waals surface area contributed by atoms with Crippen molar-refractivity contribution in [2.75, 3.05) is 7.11 Å². The summed E-state index contributed by atoms with van der Waals surface area (Å²) in [7, 11) is 1.63. The van der Waals surface area contributed by atoms with Crippen LogP contribution in [0.2, 0.25) is 0 Å². The molecule has 5 heteroatoms. The summed E-state index contributed by atoms with van der Waals surface area (Å²) in [6.07, 6.45) is -0.130. The fourth-order valence-corrected chi connectivity index (χ4v) is 2.56. The standard InChI is InChI=1S/C18H18N4O/c1-11(23-2)17(20)18-21-15-8-7-12(9-16(15)22-18)14-6-4-3-5-13(14)10-19/h3-9,11,17H,20H2,1-2H3,(H,21,22). The van der Waals surface area contributed by atoms with Crippen LogP contribution in [-0.2, 0) is 4.74 Å². The SMILES string of the molecule is COC(C)C(N)c1nc2ccc(-c3ccccc3C#N)cc2[nH]1. The van der Waals surface area contributed by atoms with Gasteiger partial charge in [0.1, 0.15) is 5.82 Å². The lowest BCUT2D eigenvalue weighted by atomic mass is 10.0. The van der Waals surface area contributed by atoms with Crippen LogP contribution >= 0.6 is 0 Å². The van der Waals surface area contributed by atoms with E-state index >= 15 is 0 Å². The summed E-state index contributed by atoms with van der Waals surface area (Å²) in [6, 6.07) is 15.3. The molecule has 2 aromatic carbocycles. The molecule has 3 N–H and O–H groups in total. The predicted molar refractivity (Wildman–Crippen MR) is 89.6 cm³/mol. The highest BCUT2D eigenvalue weighted by molar-refractivity contribution is 5.83. The van der Waals surface area contributed by atoms with Crippen molar-refractivity contribution in [2.24, 2.45) is 5.73 Å². The first kappa shape index (κ1) is 15.2. The second-order valence-corrected chi connectivity index (χ2v) is 5.48. The zero-order chi connectivity index (χ0) is 16.4. The van der Waals surface area contributed by atoms with Gasteiger partial charge in [-0.2, -0.15) is 5.26 Å². The van der Waals surface area contributed by atoms with E-state index in [0.29, 0.717) is 11.4 Å². The molecule has 3 rings (SSSR count). The highest BCUT2D eigenvalue weighted by Crippen LogP contribution is 2.27.